The third-order valence-electron chi connectivity index (χ3n) is 5.37. The number of rotatable bonds is 6. The van der Waals surface area contributed by atoms with Gasteiger partial charge in [0, 0.05) is 6.54 Å². The first-order valence-electron chi connectivity index (χ1n) is 8.27. The van der Waals surface area contributed by atoms with Crippen molar-refractivity contribution in [2.75, 3.05) is 19.6 Å². The molecule has 3 N–H and O–H groups in total. The van der Waals surface area contributed by atoms with Crippen molar-refractivity contribution in [1.82, 2.24) is 10.6 Å². The van der Waals surface area contributed by atoms with Crippen molar-refractivity contribution in [2.45, 2.75) is 58.3 Å². The maximum absolute atomic E-state index is 12.7. The number of nitrogens with one attached hydrogen (secondary N) is 2. The molecule has 2 rings (SSSR count). The Bertz CT molecular complexity index is 377. The van der Waals surface area contributed by atoms with Gasteiger partial charge in [0.15, 0.2) is 0 Å². The predicted octanol–water partition coefficient (Wildman–Crippen LogP) is 1.92. The second-order valence-corrected chi connectivity index (χ2v) is 6.76. The molecule has 0 aromatic rings. The number of amides is 1. The lowest BCUT2D eigenvalue weighted by molar-refractivity contribution is -0.149. The topological polar surface area (TPSA) is 78.4 Å². The zero-order valence-electron chi connectivity index (χ0n) is 13.0. The molecule has 1 aliphatic carbocycles. The SMILES string of the molecule is CCCC1(C(=O)NCC2(C(=O)O)CCCC2)CCNCC1. The van der Waals surface area contributed by atoms with Gasteiger partial charge in [0.05, 0.1) is 10.8 Å². The zero-order chi connectivity index (χ0) is 15.3. The van der Waals surface area contributed by atoms with E-state index < -0.39 is 11.4 Å². The fourth-order valence-electron chi connectivity index (χ4n) is 3.93. The van der Waals surface area contributed by atoms with Crippen molar-refractivity contribution in [3.63, 3.8) is 0 Å². The number of carboxylic acids is 1. The average Bonchev–Trinajstić information content (AvgIpc) is 2.96. The molecule has 1 amide bonds. The molecule has 5 nitrogen and oxygen atoms in total. The van der Waals surface area contributed by atoms with Crippen LogP contribution < -0.4 is 10.6 Å². The second-order valence-electron chi connectivity index (χ2n) is 6.76. The molecular weight excluding hydrogens is 268 g/mol. The summed E-state index contributed by atoms with van der Waals surface area (Å²) in [7, 11) is 0. The van der Waals surface area contributed by atoms with E-state index in [4.69, 9.17) is 0 Å². The molecule has 0 unspecified atom stereocenters. The Labute approximate surface area is 126 Å². The van der Waals surface area contributed by atoms with Crippen LogP contribution in [0.15, 0.2) is 0 Å². The molecule has 0 atom stereocenters. The van der Waals surface area contributed by atoms with E-state index in [-0.39, 0.29) is 11.3 Å². The highest BCUT2D eigenvalue weighted by molar-refractivity contribution is 5.84. The number of piperidine rings is 1. The quantitative estimate of drug-likeness (QED) is 0.699. The minimum Gasteiger partial charge on any atom is -0.481 e. The summed E-state index contributed by atoms with van der Waals surface area (Å²) >= 11 is 0. The fraction of sp³-hybridized carbons (Fsp3) is 0.875. The Morgan fingerprint density at radius 3 is 2.24 bits per heavy atom. The minimum atomic E-state index is -0.754. The van der Waals surface area contributed by atoms with Crippen LogP contribution in [0.4, 0.5) is 0 Å². The highest BCUT2D eigenvalue weighted by Gasteiger charge is 2.44. The first-order valence-corrected chi connectivity index (χ1v) is 8.27. The van der Waals surface area contributed by atoms with Crippen molar-refractivity contribution in [1.29, 1.82) is 0 Å². The Kier molecular flexibility index (Phi) is 5.25. The second kappa shape index (κ2) is 6.77. The first kappa shape index (κ1) is 16.3. The van der Waals surface area contributed by atoms with Crippen LogP contribution in [0.1, 0.15) is 58.3 Å². The predicted molar refractivity (Wildman–Crippen MR) is 81.0 cm³/mol. The summed E-state index contributed by atoms with van der Waals surface area (Å²) in [5.41, 5.74) is -1.02. The summed E-state index contributed by atoms with van der Waals surface area (Å²) in [5, 5.41) is 15.8. The van der Waals surface area contributed by atoms with Crippen molar-refractivity contribution in [2.24, 2.45) is 10.8 Å². The molecular formula is C16H28N2O3. The highest BCUT2D eigenvalue weighted by atomic mass is 16.4. The summed E-state index contributed by atoms with van der Waals surface area (Å²) in [6.45, 7) is 4.14. The molecule has 2 aliphatic rings. The number of aliphatic carboxylic acids is 1. The third-order valence-corrected chi connectivity index (χ3v) is 5.37. The van der Waals surface area contributed by atoms with E-state index in [9.17, 15) is 14.7 Å². The van der Waals surface area contributed by atoms with Gasteiger partial charge in [-0.05, 0) is 45.2 Å². The van der Waals surface area contributed by atoms with Crippen molar-refractivity contribution in [3.05, 3.63) is 0 Å². The largest absolute Gasteiger partial charge is 0.481 e. The van der Waals surface area contributed by atoms with Gasteiger partial charge in [0.25, 0.3) is 0 Å². The third kappa shape index (κ3) is 3.39. The molecule has 1 heterocycles. The molecule has 0 bridgehead atoms. The van der Waals surface area contributed by atoms with Gasteiger partial charge in [0.1, 0.15) is 0 Å². The van der Waals surface area contributed by atoms with Crippen molar-refractivity contribution >= 4 is 11.9 Å². The molecule has 2 fully saturated rings. The van der Waals surface area contributed by atoms with Crippen LogP contribution >= 0.6 is 0 Å². The van der Waals surface area contributed by atoms with Gasteiger partial charge in [-0.1, -0.05) is 26.2 Å². The number of hydrogen-bond donors (Lipinski definition) is 3. The first-order chi connectivity index (χ1) is 10.0. The molecule has 0 aromatic heterocycles. The lowest BCUT2D eigenvalue weighted by Crippen LogP contribution is -2.50. The Morgan fingerprint density at radius 2 is 1.71 bits per heavy atom. The normalized spacial score (nSPS) is 23.7. The standard InChI is InChI=1S/C16H28N2O3/c1-2-5-15(8-10-17-11-9-15)13(19)18-12-16(14(20)21)6-3-4-7-16/h17H,2-12H2,1H3,(H,18,19)(H,20,21). The molecule has 1 aliphatic heterocycles. The monoisotopic (exact) mass is 296 g/mol. The molecule has 0 radical (unpaired) electrons. The van der Waals surface area contributed by atoms with Crippen LogP contribution in [0.5, 0.6) is 0 Å². The van der Waals surface area contributed by atoms with Crippen LogP contribution in [0.2, 0.25) is 0 Å². The lowest BCUT2D eigenvalue weighted by atomic mass is 9.74. The van der Waals surface area contributed by atoms with Gasteiger partial charge in [-0.2, -0.15) is 0 Å². The van der Waals surface area contributed by atoms with E-state index in [1.807, 2.05) is 0 Å². The van der Waals surface area contributed by atoms with Gasteiger partial charge >= 0.3 is 5.97 Å². The number of carboxylic acid groups (broad SMARTS) is 1. The highest BCUT2D eigenvalue weighted by Crippen LogP contribution is 2.39. The molecule has 1 saturated heterocycles. The van der Waals surface area contributed by atoms with E-state index in [1.54, 1.807) is 0 Å². The van der Waals surface area contributed by atoms with Gasteiger partial charge in [-0.3, -0.25) is 9.59 Å². The van der Waals surface area contributed by atoms with Gasteiger partial charge < -0.3 is 15.7 Å². The van der Waals surface area contributed by atoms with Crippen LogP contribution in [0.25, 0.3) is 0 Å². The summed E-state index contributed by atoms with van der Waals surface area (Å²) in [4.78, 5) is 24.3. The van der Waals surface area contributed by atoms with E-state index >= 15 is 0 Å². The number of carbonyl (C=O) groups excluding carboxylic acids is 1. The summed E-state index contributed by atoms with van der Waals surface area (Å²) in [6.07, 6.45) is 6.85. The maximum atomic E-state index is 12.7. The van der Waals surface area contributed by atoms with Crippen molar-refractivity contribution in [3.8, 4) is 0 Å². The number of hydrogen-bond acceptors (Lipinski definition) is 3. The van der Waals surface area contributed by atoms with E-state index in [0.717, 1.165) is 51.6 Å². The van der Waals surface area contributed by atoms with Crippen molar-refractivity contribution < 1.29 is 14.7 Å². The molecule has 0 spiro atoms. The Balaban J connectivity index is 2.00. The van der Waals surface area contributed by atoms with Gasteiger partial charge in [-0.15, -0.1) is 0 Å². The molecule has 1 saturated carbocycles. The van der Waals surface area contributed by atoms with Gasteiger partial charge in [0.2, 0.25) is 5.91 Å². The molecule has 21 heavy (non-hydrogen) atoms. The fourth-order valence-corrected chi connectivity index (χ4v) is 3.93. The Hall–Kier alpha value is -1.10. The molecule has 5 heteroatoms. The van der Waals surface area contributed by atoms with E-state index in [2.05, 4.69) is 17.6 Å². The van der Waals surface area contributed by atoms with Crippen LogP contribution in [0.3, 0.4) is 0 Å². The summed E-state index contributed by atoms with van der Waals surface area (Å²) in [5.74, 6) is -0.687. The molecule has 0 aromatic carbocycles. The maximum Gasteiger partial charge on any atom is 0.311 e. The van der Waals surface area contributed by atoms with Crippen LogP contribution in [-0.2, 0) is 9.59 Å². The van der Waals surface area contributed by atoms with E-state index in [1.165, 1.54) is 0 Å². The van der Waals surface area contributed by atoms with E-state index in [0.29, 0.717) is 19.4 Å². The smallest absolute Gasteiger partial charge is 0.311 e. The van der Waals surface area contributed by atoms with Crippen LogP contribution in [-0.4, -0.2) is 36.6 Å². The lowest BCUT2D eigenvalue weighted by Gasteiger charge is -2.37. The Morgan fingerprint density at radius 1 is 1.10 bits per heavy atom. The van der Waals surface area contributed by atoms with Gasteiger partial charge in [-0.25, -0.2) is 0 Å². The number of carbonyl (C=O) groups is 2. The summed E-state index contributed by atoms with van der Waals surface area (Å²) in [6, 6.07) is 0. The average molecular weight is 296 g/mol. The zero-order valence-corrected chi connectivity index (χ0v) is 13.0. The van der Waals surface area contributed by atoms with Crippen LogP contribution in [0, 0.1) is 10.8 Å². The molecule has 120 valence electrons. The minimum absolute atomic E-state index is 0.0679. The summed E-state index contributed by atoms with van der Waals surface area (Å²) < 4.78 is 0.